The van der Waals surface area contributed by atoms with Crippen molar-refractivity contribution in [2.45, 2.75) is 38.8 Å². The molecule has 2 unspecified atom stereocenters. The summed E-state index contributed by atoms with van der Waals surface area (Å²) in [5.41, 5.74) is 5.12. The highest BCUT2D eigenvalue weighted by atomic mass is 15.3. The van der Waals surface area contributed by atoms with Gasteiger partial charge in [0.05, 0.1) is 11.7 Å². The molecule has 0 aliphatic heterocycles. The summed E-state index contributed by atoms with van der Waals surface area (Å²) < 4.78 is 2.02. The number of hydrogen-bond acceptors (Lipinski definition) is 3. The molecule has 1 aromatic carbocycles. The van der Waals surface area contributed by atoms with E-state index < -0.39 is 0 Å². The van der Waals surface area contributed by atoms with Crippen molar-refractivity contribution in [2.24, 2.45) is 5.84 Å². The van der Waals surface area contributed by atoms with Crippen LogP contribution in [-0.2, 0) is 6.42 Å². The number of aromatic nitrogens is 2. The SMILES string of the molecule is CCC(C)n1ccc(CC(NN)c2ccccc2)n1. The van der Waals surface area contributed by atoms with Gasteiger partial charge in [-0.15, -0.1) is 0 Å². The Morgan fingerprint density at radius 1 is 1.26 bits per heavy atom. The summed E-state index contributed by atoms with van der Waals surface area (Å²) in [4.78, 5) is 0. The predicted octanol–water partition coefficient (Wildman–Crippen LogP) is 2.60. The number of nitrogens with zero attached hydrogens (tertiary/aromatic N) is 2. The molecule has 4 nitrogen and oxygen atoms in total. The first kappa shape index (κ1) is 13.8. The fraction of sp³-hybridized carbons (Fsp3) is 0.400. The summed E-state index contributed by atoms with van der Waals surface area (Å²) in [6.07, 6.45) is 3.92. The summed E-state index contributed by atoms with van der Waals surface area (Å²) >= 11 is 0. The van der Waals surface area contributed by atoms with Crippen LogP contribution in [0.3, 0.4) is 0 Å². The van der Waals surface area contributed by atoms with Gasteiger partial charge >= 0.3 is 0 Å². The normalized spacial score (nSPS) is 14.3. The molecule has 0 bridgehead atoms. The standard InChI is InChI=1S/C15H22N4/c1-3-12(2)19-10-9-14(18-19)11-15(17-16)13-7-5-4-6-8-13/h4-10,12,15,17H,3,11,16H2,1-2H3. The van der Waals surface area contributed by atoms with Crippen molar-refractivity contribution in [3.63, 3.8) is 0 Å². The summed E-state index contributed by atoms with van der Waals surface area (Å²) in [7, 11) is 0. The van der Waals surface area contributed by atoms with Crippen molar-refractivity contribution >= 4 is 0 Å². The van der Waals surface area contributed by atoms with E-state index in [2.05, 4.69) is 42.6 Å². The molecule has 3 N–H and O–H groups in total. The van der Waals surface area contributed by atoms with Gasteiger partial charge < -0.3 is 0 Å². The van der Waals surface area contributed by atoms with Crippen LogP contribution in [0.5, 0.6) is 0 Å². The van der Waals surface area contributed by atoms with Crippen molar-refractivity contribution in [2.75, 3.05) is 0 Å². The van der Waals surface area contributed by atoms with Gasteiger partial charge in [-0.05, 0) is 25.0 Å². The van der Waals surface area contributed by atoms with Gasteiger partial charge in [0, 0.05) is 18.7 Å². The Kier molecular flexibility index (Phi) is 4.71. The third kappa shape index (κ3) is 3.43. The van der Waals surface area contributed by atoms with Gasteiger partial charge in [-0.2, -0.15) is 5.10 Å². The molecule has 2 rings (SSSR count). The minimum atomic E-state index is 0.0986. The highest BCUT2D eigenvalue weighted by Gasteiger charge is 2.12. The van der Waals surface area contributed by atoms with Crippen LogP contribution < -0.4 is 11.3 Å². The van der Waals surface area contributed by atoms with Gasteiger partial charge in [0.2, 0.25) is 0 Å². The zero-order chi connectivity index (χ0) is 13.7. The van der Waals surface area contributed by atoms with Crippen molar-refractivity contribution < 1.29 is 0 Å². The van der Waals surface area contributed by atoms with Gasteiger partial charge in [0.1, 0.15) is 0 Å². The zero-order valence-corrected chi connectivity index (χ0v) is 11.6. The van der Waals surface area contributed by atoms with E-state index in [9.17, 15) is 0 Å². The monoisotopic (exact) mass is 258 g/mol. The average molecular weight is 258 g/mol. The van der Waals surface area contributed by atoms with E-state index in [-0.39, 0.29) is 6.04 Å². The Morgan fingerprint density at radius 2 is 2.00 bits per heavy atom. The van der Waals surface area contributed by atoms with Crippen LogP contribution in [0.2, 0.25) is 0 Å². The molecule has 1 aromatic heterocycles. The van der Waals surface area contributed by atoms with E-state index in [1.807, 2.05) is 29.1 Å². The second-order valence-electron chi connectivity index (χ2n) is 4.88. The maximum Gasteiger partial charge on any atom is 0.0644 e. The van der Waals surface area contributed by atoms with Crippen LogP contribution in [0.15, 0.2) is 42.6 Å². The lowest BCUT2D eigenvalue weighted by Gasteiger charge is -2.15. The summed E-state index contributed by atoms with van der Waals surface area (Å²) in [5, 5.41) is 4.62. The molecule has 0 amide bonds. The van der Waals surface area contributed by atoms with Gasteiger partial charge in [0.15, 0.2) is 0 Å². The molecule has 19 heavy (non-hydrogen) atoms. The predicted molar refractivity (Wildman–Crippen MR) is 77.4 cm³/mol. The quantitative estimate of drug-likeness (QED) is 0.618. The van der Waals surface area contributed by atoms with Crippen molar-refractivity contribution in [1.29, 1.82) is 0 Å². The van der Waals surface area contributed by atoms with E-state index in [1.165, 1.54) is 5.56 Å². The molecule has 0 aliphatic carbocycles. The zero-order valence-electron chi connectivity index (χ0n) is 11.6. The molecule has 0 saturated carbocycles. The molecular formula is C15H22N4. The fourth-order valence-electron chi connectivity index (χ4n) is 2.09. The van der Waals surface area contributed by atoms with Crippen LogP contribution in [-0.4, -0.2) is 9.78 Å². The second kappa shape index (κ2) is 6.50. The molecule has 0 fully saturated rings. The summed E-state index contributed by atoms with van der Waals surface area (Å²) in [5.74, 6) is 5.66. The Bertz CT molecular complexity index is 492. The van der Waals surface area contributed by atoms with Gasteiger partial charge in [-0.25, -0.2) is 0 Å². The van der Waals surface area contributed by atoms with Gasteiger partial charge in [0.25, 0.3) is 0 Å². The molecule has 0 radical (unpaired) electrons. The van der Waals surface area contributed by atoms with Gasteiger partial charge in [-0.3, -0.25) is 16.0 Å². The molecule has 2 aromatic rings. The van der Waals surface area contributed by atoms with E-state index in [4.69, 9.17) is 5.84 Å². The maximum absolute atomic E-state index is 5.66. The van der Waals surface area contributed by atoms with Crippen molar-refractivity contribution in [1.82, 2.24) is 15.2 Å². The number of hydrogen-bond donors (Lipinski definition) is 2. The minimum Gasteiger partial charge on any atom is -0.271 e. The number of nitrogens with two attached hydrogens (primary N) is 1. The lowest BCUT2D eigenvalue weighted by Crippen LogP contribution is -2.29. The molecule has 4 heteroatoms. The van der Waals surface area contributed by atoms with Crippen LogP contribution in [0.1, 0.15) is 43.6 Å². The summed E-state index contributed by atoms with van der Waals surface area (Å²) in [6, 6.07) is 12.8. The van der Waals surface area contributed by atoms with Crippen molar-refractivity contribution in [3.8, 4) is 0 Å². The minimum absolute atomic E-state index is 0.0986. The number of rotatable bonds is 6. The highest BCUT2D eigenvalue weighted by molar-refractivity contribution is 5.20. The molecule has 0 spiro atoms. The third-order valence-corrected chi connectivity index (χ3v) is 3.52. The first-order valence-electron chi connectivity index (χ1n) is 6.79. The Morgan fingerprint density at radius 3 is 2.63 bits per heavy atom. The molecular weight excluding hydrogens is 236 g/mol. The van der Waals surface area contributed by atoms with E-state index in [0.29, 0.717) is 6.04 Å². The number of benzene rings is 1. The lowest BCUT2D eigenvalue weighted by atomic mass is 10.0. The Labute approximate surface area is 114 Å². The van der Waals surface area contributed by atoms with Gasteiger partial charge in [-0.1, -0.05) is 37.3 Å². The smallest absolute Gasteiger partial charge is 0.0644 e. The highest BCUT2D eigenvalue weighted by Crippen LogP contribution is 2.17. The molecule has 2 atom stereocenters. The topological polar surface area (TPSA) is 55.9 Å². The largest absolute Gasteiger partial charge is 0.271 e. The summed E-state index contributed by atoms with van der Waals surface area (Å²) in [6.45, 7) is 4.34. The first-order valence-corrected chi connectivity index (χ1v) is 6.79. The van der Waals surface area contributed by atoms with Crippen molar-refractivity contribution in [3.05, 3.63) is 53.9 Å². The van der Waals surface area contributed by atoms with Crippen LogP contribution >= 0.6 is 0 Å². The molecule has 1 heterocycles. The third-order valence-electron chi connectivity index (χ3n) is 3.52. The first-order chi connectivity index (χ1) is 9.24. The van der Waals surface area contributed by atoms with Crippen LogP contribution in [0.25, 0.3) is 0 Å². The Hall–Kier alpha value is -1.65. The van der Waals surface area contributed by atoms with Crippen LogP contribution in [0, 0.1) is 0 Å². The van der Waals surface area contributed by atoms with E-state index >= 15 is 0 Å². The molecule has 0 saturated heterocycles. The number of nitrogens with one attached hydrogen (secondary N) is 1. The van der Waals surface area contributed by atoms with E-state index in [0.717, 1.165) is 18.5 Å². The average Bonchev–Trinajstić information content (AvgIpc) is 2.93. The molecule has 0 aliphatic rings. The lowest BCUT2D eigenvalue weighted by molar-refractivity contribution is 0.467. The maximum atomic E-state index is 5.66. The molecule has 102 valence electrons. The number of hydrazine groups is 1. The fourth-order valence-corrected chi connectivity index (χ4v) is 2.09. The van der Waals surface area contributed by atoms with E-state index in [1.54, 1.807) is 0 Å². The second-order valence-corrected chi connectivity index (χ2v) is 4.88. The van der Waals surface area contributed by atoms with Crippen LogP contribution in [0.4, 0.5) is 0 Å². The Balaban J connectivity index is 2.09.